The number of hydrogen-bond donors (Lipinski definition) is 1. The van der Waals surface area contributed by atoms with Gasteiger partial charge in [-0.15, -0.1) is 11.3 Å². The van der Waals surface area contributed by atoms with E-state index in [1.165, 1.54) is 11.3 Å². The zero-order chi connectivity index (χ0) is 13.5. The van der Waals surface area contributed by atoms with Gasteiger partial charge in [0, 0.05) is 25.4 Å². The van der Waals surface area contributed by atoms with E-state index in [1.807, 2.05) is 12.3 Å². The van der Waals surface area contributed by atoms with Crippen molar-refractivity contribution in [3.05, 3.63) is 11.1 Å². The van der Waals surface area contributed by atoms with E-state index in [9.17, 15) is 4.79 Å². The fourth-order valence-corrected chi connectivity index (χ4v) is 2.63. The van der Waals surface area contributed by atoms with E-state index in [1.54, 1.807) is 11.8 Å². The van der Waals surface area contributed by atoms with Crippen LogP contribution in [0.5, 0.6) is 0 Å². The molecule has 0 atom stereocenters. The largest absolute Gasteiger partial charge is 0.330 e. The lowest BCUT2D eigenvalue weighted by molar-refractivity contribution is -0.116. The summed E-state index contributed by atoms with van der Waals surface area (Å²) in [5.74, 6) is 0.0369. The summed E-state index contributed by atoms with van der Waals surface area (Å²) in [4.78, 5) is 19.8. The van der Waals surface area contributed by atoms with Crippen molar-refractivity contribution in [1.82, 2.24) is 9.88 Å². The van der Waals surface area contributed by atoms with Crippen molar-refractivity contribution in [2.45, 2.75) is 26.8 Å². The van der Waals surface area contributed by atoms with Crippen LogP contribution in [0.2, 0.25) is 0 Å². The normalized spacial score (nSPS) is 10.9. The highest BCUT2D eigenvalue weighted by Crippen LogP contribution is 2.21. The molecular formula is C12H22N4OS. The van der Waals surface area contributed by atoms with E-state index in [0.717, 1.165) is 30.3 Å². The molecule has 0 spiro atoms. The molecule has 102 valence electrons. The third-order valence-electron chi connectivity index (χ3n) is 2.64. The van der Waals surface area contributed by atoms with Gasteiger partial charge in [-0.1, -0.05) is 0 Å². The van der Waals surface area contributed by atoms with Gasteiger partial charge < -0.3 is 10.6 Å². The average Bonchev–Trinajstić information content (AvgIpc) is 2.75. The van der Waals surface area contributed by atoms with Gasteiger partial charge in [-0.2, -0.15) is 0 Å². The highest BCUT2D eigenvalue weighted by molar-refractivity contribution is 7.14. The first-order valence-electron chi connectivity index (χ1n) is 6.19. The number of aromatic nitrogens is 1. The predicted molar refractivity (Wildman–Crippen MR) is 75.8 cm³/mol. The second kappa shape index (κ2) is 7.45. The molecular weight excluding hydrogens is 248 g/mol. The Bertz CT molecular complexity index is 380. The summed E-state index contributed by atoms with van der Waals surface area (Å²) < 4.78 is 0. The lowest BCUT2D eigenvalue weighted by Gasteiger charge is -2.16. The number of amides is 1. The van der Waals surface area contributed by atoms with Crippen molar-refractivity contribution >= 4 is 22.4 Å². The Morgan fingerprint density at radius 1 is 1.56 bits per heavy atom. The quantitative estimate of drug-likeness (QED) is 0.811. The molecule has 1 aromatic heterocycles. The molecule has 0 aliphatic carbocycles. The summed E-state index contributed by atoms with van der Waals surface area (Å²) in [5, 5.41) is 2.80. The Hall–Kier alpha value is -0.980. The topological polar surface area (TPSA) is 62.5 Å². The minimum absolute atomic E-state index is 0.0369. The van der Waals surface area contributed by atoms with Crippen LogP contribution in [0.3, 0.4) is 0 Å². The summed E-state index contributed by atoms with van der Waals surface area (Å²) in [6.45, 7) is 6.65. The summed E-state index contributed by atoms with van der Waals surface area (Å²) >= 11 is 1.52. The van der Waals surface area contributed by atoms with Crippen LogP contribution in [0.15, 0.2) is 5.38 Å². The van der Waals surface area contributed by atoms with Crippen molar-refractivity contribution in [3.63, 3.8) is 0 Å². The van der Waals surface area contributed by atoms with Gasteiger partial charge in [0.05, 0.1) is 5.69 Å². The van der Waals surface area contributed by atoms with Crippen LogP contribution in [0.4, 0.5) is 5.13 Å². The van der Waals surface area contributed by atoms with Gasteiger partial charge in [-0.05, 0) is 33.5 Å². The van der Waals surface area contributed by atoms with E-state index in [4.69, 9.17) is 5.73 Å². The van der Waals surface area contributed by atoms with Gasteiger partial charge >= 0.3 is 0 Å². The molecule has 0 saturated carbocycles. The van der Waals surface area contributed by atoms with Crippen molar-refractivity contribution in [2.24, 2.45) is 5.73 Å². The van der Waals surface area contributed by atoms with E-state index in [2.05, 4.69) is 16.9 Å². The highest BCUT2D eigenvalue weighted by atomic mass is 32.1. The van der Waals surface area contributed by atoms with Crippen LogP contribution in [0.25, 0.3) is 0 Å². The van der Waals surface area contributed by atoms with Crippen molar-refractivity contribution < 1.29 is 4.79 Å². The van der Waals surface area contributed by atoms with E-state index in [-0.39, 0.29) is 5.91 Å². The van der Waals surface area contributed by atoms with Gasteiger partial charge in [-0.3, -0.25) is 9.69 Å². The minimum Gasteiger partial charge on any atom is -0.330 e. The minimum atomic E-state index is 0.0369. The first-order chi connectivity index (χ1) is 8.58. The van der Waals surface area contributed by atoms with Crippen molar-refractivity contribution in [1.29, 1.82) is 0 Å². The van der Waals surface area contributed by atoms with Gasteiger partial charge in [0.25, 0.3) is 0 Å². The molecule has 2 N–H and O–H groups in total. The van der Waals surface area contributed by atoms with Crippen LogP contribution in [-0.2, 0) is 11.3 Å². The lowest BCUT2D eigenvalue weighted by atomic mass is 10.3. The number of rotatable bonds is 7. The molecule has 0 aromatic carbocycles. The zero-order valence-electron chi connectivity index (χ0n) is 11.3. The molecule has 0 saturated heterocycles. The Morgan fingerprint density at radius 2 is 2.28 bits per heavy atom. The van der Waals surface area contributed by atoms with Gasteiger partial charge in [0.1, 0.15) is 0 Å². The zero-order valence-corrected chi connectivity index (χ0v) is 12.2. The standard InChI is InChI=1S/C12H22N4OS/c1-4-16(10(2)17)12-14-11(9-18-12)8-15(3)7-5-6-13/h9H,4-8,13H2,1-3H3. The van der Waals surface area contributed by atoms with Crippen LogP contribution in [0.1, 0.15) is 26.0 Å². The highest BCUT2D eigenvalue weighted by Gasteiger charge is 2.13. The van der Waals surface area contributed by atoms with Crippen LogP contribution >= 0.6 is 11.3 Å². The molecule has 0 fully saturated rings. The third-order valence-corrected chi connectivity index (χ3v) is 3.56. The molecule has 0 aliphatic heterocycles. The molecule has 1 amide bonds. The van der Waals surface area contributed by atoms with E-state index in [0.29, 0.717) is 13.1 Å². The van der Waals surface area contributed by atoms with Crippen molar-refractivity contribution in [2.75, 3.05) is 31.6 Å². The molecule has 1 rings (SSSR count). The van der Waals surface area contributed by atoms with Crippen molar-refractivity contribution in [3.8, 4) is 0 Å². The molecule has 1 heterocycles. The molecule has 0 aliphatic rings. The molecule has 0 bridgehead atoms. The first kappa shape index (κ1) is 15.1. The van der Waals surface area contributed by atoms with Gasteiger partial charge in [0.2, 0.25) is 5.91 Å². The fraction of sp³-hybridized carbons (Fsp3) is 0.667. The maximum atomic E-state index is 11.4. The third kappa shape index (κ3) is 4.36. The number of anilines is 1. The Labute approximate surface area is 113 Å². The Balaban J connectivity index is 2.60. The van der Waals surface area contributed by atoms with Gasteiger partial charge in [0.15, 0.2) is 5.13 Å². The lowest BCUT2D eigenvalue weighted by Crippen LogP contribution is -2.28. The first-order valence-corrected chi connectivity index (χ1v) is 7.07. The molecule has 1 aromatic rings. The number of hydrogen-bond acceptors (Lipinski definition) is 5. The second-order valence-electron chi connectivity index (χ2n) is 4.26. The number of nitrogens with zero attached hydrogens (tertiary/aromatic N) is 3. The molecule has 18 heavy (non-hydrogen) atoms. The average molecular weight is 270 g/mol. The number of carbonyl (C=O) groups is 1. The van der Waals surface area contributed by atoms with Crippen LogP contribution in [0, 0.1) is 0 Å². The molecule has 6 heteroatoms. The monoisotopic (exact) mass is 270 g/mol. The van der Waals surface area contributed by atoms with Crippen LogP contribution < -0.4 is 10.6 Å². The van der Waals surface area contributed by atoms with Crippen LogP contribution in [-0.4, -0.2) is 42.5 Å². The second-order valence-corrected chi connectivity index (χ2v) is 5.10. The summed E-state index contributed by atoms with van der Waals surface area (Å²) in [5.41, 5.74) is 6.49. The number of carbonyl (C=O) groups excluding carboxylic acids is 1. The summed E-state index contributed by atoms with van der Waals surface area (Å²) in [6, 6.07) is 0. The molecule has 5 nitrogen and oxygen atoms in total. The maximum absolute atomic E-state index is 11.4. The molecule has 0 radical (unpaired) electrons. The predicted octanol–water partition coefficient (Wildman–Crippen LogP) is 1.30. The maximum Gasteiger partial charge on any atom is 0.225 e. The SMILES string of the molecule is CCN(C(C)=O)c1nc(CN(C)CCCN)cs1. The Morgan fingerprint density at radius 3 is 2.83 bits per heavy atom. The summed E-state index contributed by atoms with van der Waals surface area (Å²) in [7, 11) is 2.05. The number of nitrogens with two attached hydrogens (primary N) is 1. The van der Waals surface area contributed by atoms with Gasteiger partial charge in [-0.25, -0.2) is 4.98 Å². The fourth-order valence-electron chi connectivity index (χ4n) is 1.70. The molecule has 0 unspecified atom stereocenters. The van der Waals surface area contributed by atoms with E-state index >= 15 is 0 Å². The summed E-state index contributed by atoms with van der Waals surface area (Å²) in [6.07, 6.45) is 0.988. The smallest absolute Gasteiger partial charge is 0.225 e. The number of thiazole rings is 1. The Kier molecular flexibility index (Phi) is 6.24. The van der Waals surface area contributed by atoms with E-state index < -0.39 is 0 Å².